The summed E-state index contributed by atoms with van der Waals surface area (Å²) < 4.78 is 37.3. The molecule has 12 heteroatoms. The summed E-state index contributed by atoms with van der Waals surface area (Å²) in [5, 5.41) is 4.61. The lowest BCUT2D eigenvalue weighted by Crippen LogP contribution is -3.00. The maximum absolute atomic E-state index is 13.5. The largest absolute Gasteiger partial charge is 1.00 e. The van der Waals surface area contributed by atoms with Crippen molar-refractivity contribution < 1.29 is 41.6 Å². The predicted octanol–water partition coefficient (Wildman–Crippen LogP) is 0.129. The molecule has 0 spiro atoms. The Morgan fingerprint density at radius 2 is 1.89 bits per heavy atom. The van der Waals surface area contributed by atoms with Crippen LogP contribution in [0.4, 0.5) is 0 Å². The Bertz CT molecular complexity index is 1370. The third-order valence-corrected chi connectivity index (χ3v) is 8.50. The van der Waals surface area contributed by atoms with Crippen LogP contribution in [0, 0.1) is 4.64 Å². The number of quaternary nitrogens is 1. The van der Waals surface area contributed by atoms with Gasteiger partial charge in [-0.3, -0.25) is 4.68 Å². The van der Waals surface area contributed by atoms with Crippen molar-refractivity contribution >= 4 is 33.3 Å². The van der Waals surface area contributed by atoms with E-state index in [9.17, 15) is 8.42 Å². The molecular formula is C23H33IN6O3S2. The molecule has 4 rings (SSSR count). The molecule has 0 atom stereocenters. The number of hydrogen-bond acceptors (Lipinski definition) is 6. The molecule has 0 amide bonds. The zero-order chi connectivity index (χ0) is 24.7. The molecule has 1 aliphatic rings. The standard InChI is InChI=1S/C23H32N6O3S2.HI/c1-6-8-18-20-21(27(3)26-18)23(33)25-22(24-20)17-15-16(9-10-19(17)32-7-2)34(30,31)28-11-13-29(4,5)14-12-28;/h9-10,15H,6-8,11-14H2,1-5H3;1H. The second-order valence-corrected chi connectivity index (χ2v) is 11.6. The Kier molecular flexibility index (Phi) is 8.62. The van der Waals surface area contributed by atoms with E-state index in [1.165, 1.54) is 0 Å². The van der Waals surface area contributed by atoms with Crippen LogP contribution in [0.2, 0.25) is 0 Å². The Morgan fingerprint density at radius 1 is 1.20 bits per heavy atom. The quantitative estimate of drug-likeness (QED) is 0.226. The monoisotopic (exact) mass is 632 g/mol. The van der Waals surface area contributed by atoms with Gasteiger partial charge in [-0.25, -0.2) is 13.4 Å². The molecular weight excluding hydrogens is 599 g/mol. The van der Waals surface area contributed by atoms with Crippen LogP contribution in [-0.4, -0.2) is 83.8 Å². The van der Waals surface area contributed by atoms with Gasteiger partial charge in [0.2, 0.25) is 10.0 Å². The third kappa shape index (κ3) is 5.55. The molecule has 2 aromatic heterocycles. The highest BCUT2D eigenvalue weighted by Crippen LogP contribution is 2.33. The average Bonchev–Trinajstić information content (AvgIpc) is 3.09. The molecule has 0 aliphatic carbocycles. The Balaban J connectivity index is 0.00000342. The molecule has 0 unspecified atom stereocenters. The van der Waals surface area contributed by atoms with Crippen molar-refractivity contribution in [3.63, 3.8) is 0 Å². The van der Waals surface area contributed by atoms with Gasteiger partial charge in [0, 0.05) is 7.05 Å². The topological polar surface area (TPSA) is 93.1 Å². The van der Waals surface area contributed by atoms with Crippen molar-refractivity contribution in [3.8, 4) is 17.1 Å². The van der Waals surface area contributed by atoms with Crippen LogP contribution in [-0.2, 0) is 23.5 Å². The maximum atomic E-state index is 13.5. The van der Waals surface area contributed by atoms with E-state index < -0.39 is 10.0 Å². The van der Waals surface area contributed by atoms with Crippen molar-refractivity contribution in [2.75, 3.05) is 46.9 Å². The summed E-state index contributed by atoms with van der Waals surface area (Å²) in [5.41, 5.74) is 3.06. The number of halogens is 1. The first-order chi connectivity index (χ1) is 16.1. The van der Waals surface area contributed by atoms with Crippen LogP contribution >= 0.6 is 12.2 Å². The first-order valence-electron chi connectivity index (χ1n) is 11.6. The van der Waals surface area contributed by atoms with Crippen LogP contribution in [0.5, 0.6) is 5.75 Å². The van der Waals surface area contributed by atoms with E-state index in [1.54, 1.807) is 27.2 Å². The van der Waals surface area contributed by atoms with Crippen molar-refractivity contribution in [1.82, 2.24) is 24.1 Å². The number of fused-ring (bicyclic) bond motifs is 1. The van der Waals surface area contributed by atoms with Gasteiger partial charge in [-0.15, -0.1) is 0 Å². The Hall–Kier alpha value is -1.61. The lowest BCUT2D eigenvalue weighted by molar-refractivity contribution is -0.893. The maximum Gasteiger partial charge on any atom is 0.243 e. The number of aromatic amines is 1. The van der Waals surface area contributed by atoms with Gasteiger partial charge < -0.3 is 38.2 Å². The molecule has 1 aliphatic heterocycles. The summed E-state index contributed by atoms with van der Waals surface area (Å²) >= 11 is 5.60. The highest BCUT2D eigenvalue weighted by atomic mass is 127. The predicted molar refractivity (Wildman–Crippen MR) is 135 cm³/mol. The first-order valence-corrected chi connectivity index (χ1v) is 13.5. The van der Waals surface area contributed by atoms with E-state index in [4.69, 9.17) is 17.0 Å². The van der Waals surface area contributed by atoms with Crippen LogP contribution in [0.1, 0.15) is 26.0 Å². The number of hydrogen-bond donors (Lipinski definition) is 1. The van der Waals surface area contributed by atoms with Crippen molar-refractivity contribution in [3.05, 3.63) is 28.5 Å². The van der Waals surface area contributed by atoms with Gasteiger partial charge in [0.15, 0.2) is 4.64 Å². The fourth-order valence-corrected chi connectivity index (χ4v) is 6.08. The van der Waals surface area contributed by atoms with Gasteiger partial charge in [-0.1, -0.05) is 25.6 Å². The van der Waals surface area contributed by atoms with Crippen molar-refractivity contribution in [2.24, 2.45) is 7.05 Å². The SMILES string of the molecule is CCCc1nn(C)c2c(=S)nc(-c3cc(S(=O)(=O)N4CC[N+](C)(C)CC4)ccc3OCC)[nH]c12.[I-]. The van der Waals surface area contributed by atoms with E-state index >= 15 is 0 Å². The lowest BCUT2D eigenvalue weighted by Gasteiger charge is -2.38. The van der Waals surface area contributed by atoms with Crippen LogP contribution in [0.3, 0.4) is 0 Å². The Labute approximate surface area is 229 Å². The zero-order valence-corrected chi connectivity index (χ0v) is 24.6. The van der Waals surface area contributed by atoms with E-state index in [0.717, 1.165) is 47.1 Å². The summed E-state index contributed by atoms with van der Waals surface area (Å²) in [6.45, 7) is 6.95. The van der Waals surface area contributed by atoms with Crippen LogP contribution < -0.4 is 28.7 Å². The molecule has 3 heterocycles. The minimum absolute atomic E-state index is 0. The van der Waals surface area contributed by atoms with Crippen molar-refractivity contribution in [2.45, 2.75) is 31.6 Å². The van der Waals surface area contributed by atoms with E-state index in [-0.39, 0.29) is 28.9 Å². The molecule has 192 valence electrons. The minimum atomic E-state index is -3.66. The number of aryl methyl sites for hydroxylation is 2. The number of H-pyrrole nitrogens is 1. The second-order valence-electron chi connectivity index (χ2n) is 9.31. The lowest BCUT2D eigenvalue weighted by atomic mass is 10.1. The first kappa shape index (κ1) is 28.0. The third-order valence-electron chi connectivity index (χ3n) is 6.32. The normalized spacial score (nSPS) is 16.3. The molecule has 9 nitrogen and oxygen atoms in total. The average molecular weight is 633 g/mol. The van der Waals surface area contributed by atoms with Gasteiger partial charge in [0.1, 0.15) is 17.1 Å². The molecule has 1 fully saturated rings. The fourth-order valence-electron chi connectivity index (χ4n) is 4.31. The number of sulfonamides is 1. The minimum Gasteiger partial charge on any atom is -1.00 e. The number of nitrogens with zero attached hydrogens (tertiary/aromatic N) is 5. The highest BCUT2D eigenvalue weighted by Gasteiger charge is 2.33. The Morgan fingerprint density at radius 3 is 2.51 bits per heavy atom. The van der Waals surface area contributed by atoms with Gasteiger partial charge in [0.05, 0.1) is 68.6 Å². The highest BCUT2D eigenvalue weighted by molar-refractivity contribution is 7.89. The zero-order valence-electron chi connectivity index (χ0n) is 20.8. The van der Waals surface area contributed by atoms with E-state index in [0.29, 0.717) is 41.5 Å². The molecule has 1 aromatic carbocycles. The number of aromatic nitrogens is 4. The number of piperazine rings is 1. The smallest absolute Gasteiger partial charge is 0.243 e. The van der Waals surface area contributed by atoms with E-state index in [2.05, 4.69) is 36.1 Å². The number of nitrogens with one attached hydrogen (secondary N) is 1. The fraction of sp³-hybridized carbons (Fsp3) is 0.522. The molecule has 0 saturated carbocycles. The van der Waals surface area contributed by atoms with Gasteiger partial charge in [-0.2, -0.15) is 9.40 Å². The number of benzene rings is 1. The molecule has 1 N–H and O–H groups in total. The summed E-state index contributed by atoms with van der Waals surface area (Å²) in [4.78, 5) is 8.21. The summed E-state index contributed by atoms with van der Waals surface area (Å²) in [6, 6.07) is 4.96. The van der Waals surface area contributed by atoms with Crippen LogP contribution in [0.25, 0.3) is 22.4 Å². The summed E-state index contributed by atoms with van der Waals surface area (Å²) in [5.74, 6) is 1.02. The number of likely N-dealkylation sites (N-methyl/N-ethyl adjacent to an activating group) is 1. The molecule has 0 bridgehead atoms. The summed E-state index contributed by atoms with van der Waals surface area (Å²) in [6.07, 6.45) is 1.73. The molecule has 35 heavy (non-hydrogen) atoms. The molecule has 1 saturated heterocycles. The molecule has 0 radical (unpaired) electrons. The molecule has 3 aromatic rings. The van der Waals surface area contributed by atoms with E-state index in [1.807, 2.05) is 14.0 Å². The van der Waals surface area contributed by atoms with Crippen LogP contribution in [0.15, 0.2) is 23.1 Å². The number of rotatable bonds is 7. The summed E-state index contributed by atoms with van der Waals surface area (Å²) in [7, 11) is 2.43. The second kappa shape index (κ2) is 10.8. The number of ether oxygens (including phenoxy) is 1. The van der Waals surface area contributed by atoms with Crippen molar-refractivity contribution in [1.29, 1.82) is 0 Å². The van der Waals surface area contributed by atoms with Gasteiger partial charge >= 0.3 is 0 Å². The van der Waals surface area contributed by atoms with Gasteiger partial charge in [-0.05, 0) is 31.5 Å². The van der Waals surface area contributed by atoms with Gasteiger partial charge in [0.25, 0.3) is 0 Å².